The number of nitrogens with two attached hydrogens (primary N) is 1. The highest BCUT2D eigenvalue weighted by Gasteiger charge is 2.27. The van der Waals surface area contributed by atoms with Crippen LogP contribution in [0.25, 0.3) is 10.2 Å². The van der Waals surface area contributed by atoms with E-state index < -0.39 is 10.0 Å². The van der Waals surface area contributed by atoms with Gasteiger partial charge in [-0.25, -0.2) is 17.7 Å². The van der Waals surface area contributed by atoms with Gasteiger partial charge in [0.15, 0.2) is 0 Å². The molecule has 0 spiro atoms. The maximum Gasteiger partial charge on any atom is 0.267 e. The zero-order chi connectivity index (χ0) is 17.3. The van der Waals surface area contributed by atoms with E-state index in [1.165, 1.54) is 12.1 Å². The molecule has 2 aromatic carbocycles. The number of rotatable bonds is 4. The quantitative estimate of drug-likeness (QED) is 0.554. The van der Waals surface area contributed by atoms with Crippen LogP contribution in [0.4, 0.5) is 10.8 Å². The molecule has 0 unspecified atom stereocenters. The first-order valence-electron chi connectivity index (χ1n) is 6.73. The molecule has 1 heterocycles. The van der Waals surface area contributed by atoms with Crippen LogP contribution in [0.3, 0.4) is 0 Å². The molecular weight excluding hydrogens is 368 g/mol. The number of benzene rings is 2. The van der Waals surface area contributed by atoms with Gasteiger partial charge in [-0.1, -0.05) is 29.0 Å². The zero-order valence-corrected chi connectivity index (χ0v) is 14.6. The van der Waals surface area contributed by atoms with E-state index in [2.05, 4.69) is 4.98 Å². The van der Waals surface area contributed by atoms with Crippen LogP contribution in [0.15, 0.2) is 47.4 Å². The van der Waals surface area contributed by atoms with Gasteiger partial charge in [-0.15, -0.1) is 0 Å². The first-order chi connectivity index (χ1) is 11.4. The van der Waals surface area contributed by atoms with E-state index in [9.17, 15) is 8.42 Å². The van der Waals surface area contributed by atoms with Crippen LogP contribution in [0.2, 0.25) is 5.02 Å². The van der Waals surface area contributed by atoms with Crippen molar-refractivity contribution in [3.8, 4) is 6.07 Å². The second-order valence-corrected chi connectivity index (χ2v) is 8.16. The average Bonchev–Trinajstić information content (AvgIpc) is 2.94. The molecule has 122 valence electrons. The summed E-state index contributed by atoms with van der Waals surface area (Å²) in [6.07, 6.45) is 0. The number of nitrogen functional groups attached to an aromatic ring is 1. The van der Waals surface area contributed by atoms with Crippen LogP contribution in [-0.4, -0.2) is 19.9 Å². The zero-order valence-electron chi connectivity index (χ0n) is 12.2. The summed E-state index contributed by atoms with van der Waals surface area (Å²) in [4.78, 5) is 4.32. The Hall–Kier alpha value is -2.34. The standard InChI is InChI=1S/C15H11ClN4O2S2/c16-10-4-5-13-14(8-10)23-15(19-13)20(7-6-17)24(21,22)12-3-1-2-11(18)9-12/h1-5,8-9H,7,18H2. The molecule has 2 N–H and O–H groups in total. The lowest BCUT2D eigenvalue weighted by atomic mass is 10.3. The molecule has 3 rings (SSSR count). The largest absolute Gasteiger partial charge is 0.399 e. The number of halogens is 1. The van der Waals surface area contributed by atoms with Crippen LogP contribution >= 0.6 is 22.9 Å². The molecule has 0 radical (unpaired) electrons. The molecule has 0 amide bonds. The van der Waals surface area contributed by atoms with Gasteiger partial charge in [-0.2, -0.15) is 5.26 Å². The molecular formula is C15H11ClN4O2S2. The lowest BCUT2D eigenvalue weighted by molar-refractivity contribution is 0.593. The molecule has 0 fully saturated rings. The number of fused-ring (bicyclic) bond motifs is 1. The predicted octanol–water partition coefficient (Wildman–Crippen LogP) is 3.25. The van der Waals surface area contributed by atoms with Gasteiger partial charge in [-0.05, 0) is 36.4 Å². The Morgan fingerprint density at radius 1 is 1.29 bits per heavy atom. The molecule has 0 aliphatic heterocycles. The van der Waals surface area contributed by atoms with Crippen molar-refractivity contribution in [2.24, 2.45) is 0 Å². The van der Waals surface area contributed by atoms with Gasteiger partial charge < -0.3 is 5.73 Å². The first-order valence-corrected chi connectivity index (χ1v) is 9.36. The van der Waals surface area contributed by atoms with E-state index in [1.54, 1.807) is 30.3 Å². The Balaban J connectivity index is 2.13. The van der Waals surface area contributed by atoms with Gasteiger partial charge in [0.05, 0.1) is 21.2 Å². The number of nitriles is 1. The van der Waals surface area contributed by atoms with Crippen LogP contribution in [0.5, 0.6) is 0 Å². The van der Waals surface area contributed by atoms with Crippen LogP contribution in [0.1, 0.15) is 0 Å². The van der Waals surface area contributed by atoms with Crippen molar-refractivity contribution < 1.29 is 8.42 Å². The van der Waals surface area contributed by atoms with Crippen molar-refractivity contribution in [2.45, 2.75) is 4.90 Å². The third-order valence-electron chi connectivity index (χ3n) is 3.21. The topological polar surface area (TPSA) is 100 Å². The Kier molecular flexibility index (Phi) is 4.32. The summed E-state index contributed by atoms with van der Waals surface area (Å²) < 4.78 is 27.5. The summed E-state index contributed by atoms with van der Waals surface area (Å²) in [7, 11) is -3.95. The third kappa shape index (κ3) is 3.01. The Morgan fingerprint density at radius 3 is 2.79 bits per heavy atom. The van der Waals surface area contributed by atoms with Gasteiger partial charge >= 0.3 is 0 Å². The Morgan fingerprint density at radius 2 is 2.08 bits per heavy atom. The molecule has 9 heteroatoms. The fourth-order valence-corrected chi connectivity index (χ4v) is 4.93. The molecule has 0 aliphatic carbocycles. The molecule has 6 nitrogen and oxygen atoms in total. The number of aromatic nitrogens is 1. The van der Waals surface area contributed by atoms with Gasteiger partial charge in [-0.3, -0.25) is 0 Å². The summed E-state index contributed by atoms with van der Waals surface area (Å²) >= 11 is 7.11. The molecule has 0 aliphatic rings. The SMILES string of the molecule is N#CCN(c1nc2ccc(Cl)cc2s1)S(=O)(=O)c1cccc(N)c1. The number of nitrogens with zero attached hydrogens (tertiary/aromatic N) is 3. The van der Waals surface area contributed by atoms with E-state index in [4.69, 9.17) is 22.6 Å². The van der Waals surface area contributed by atoms with Gasteiger partial charge in [0.2, 0.25) is 5.13 Å². The number of hydrogen-bond acceptors (Lipinski definition) is 6. The fourth-order valence-electron chi connectivity index (χ4n) is 2.11. The second kappa shape index (κ2) is 6.28. The molecule has 3 aromatic rings. The number of hydrogen-bond donors (Lipinski definition) is 1. The highest BCUT2D eigenvalue weighted by atomic mass is 35.5. The molecule has 1 aromatic heterocycles. The summed E-state index contributed by atoms with van der Waals surface area (Å²) in [5.41, 5.74) is 6.61. The second-order valence-electron chi connectivity index (χ2n) is 4.85. The summed E-state index contributed by atoms with van der Waals surface area (Å²) in [5, 5.41) is 9.79. The molecule has 0 atom stereocenters. The minimum atomic E-state index is -3.95. The van der Waals surface area contributed by atoms with Crippen molar-refractivity contribution in [3.05, 3.63) is 47.5 Å². The van der Waals surface area contributed by atoms with Crippen molar-refractivity contribution in [1.29, 1.82) is 5.26 Å². The lowest BCUT2D eigenvalue weighted by Crippen LogP contribution is -2.31. The summed E-state index contributed by atoms with van der Waals surface area (Å²) in [6, 6.07) is 12.9. The van der Waals surface area contributed by atoms with Crippen molar-refractivity contribution in [1.82, 2.24) is 4.98 Å². The van der Waals surface area contributed by atoms with Crippen molar-refractivity contribution >= 4 is 54.0 Å². The molecule has 0 bridgehead atoms. The number of anilines is 2. The number of thiazole rings is 1. The molecule has 0 saturated carbocycles. The van der Waals surface area contributed by atoms with Gasteiger partial charge in [0.1, 0.15) is 6.54 Å². The maximum atomic E-state index is 12.9. The number of sulfonamides is 1. The van der Waals surface area contributed by atoms with Crippen molar-refractivity contribution in [3.63, 3.8) is 0 Å². The van der Waals surface area contributed by atoms with Crippen LogP contribution < -0.4 is 10.0 Å². The fraction of sp³-hybridized carbons (Fsp3) is 0.0667. The van der Waals surface area contributed by atoms with E-state index >= 15 is 0 Å². The minimum absolute atomic E-state index is 0.00929. The predicted molar refractivity (Wildman–Crippen MR) is 95.6 cm³/mol. The third-order valence-corrected chi connectivity index (χ3v) is 6.34. The van der Waals surface area contributed by atoms with Gasteiger partial charge in [0, 0.05) is 10.7 Å². The normalized spacial score (nSPS) is 11.3. The van der Waals surface area contributed by atoms with E-state index in [0.29, 0.717) is 16.2 Å². The highest BCUT2D eigenvalue weighted by Crippen LogP contribution is 2.33. The van der Waals surface area contributed by atoms with E-state index in [-0.39, 0.29) is 16.6 Å². The molecule has 24 heavy (non-hydrogen) atoms. The maximum absolute atomic E-state index is 12.9. The highest BCUT2D eigenvalue weighted by molar-refractivity contribution is 7.93. The first kappa shape index (κ1) is 16.5. The van der Waals surface area contributed by atoms with E-state index in [1.807, 2.05) is 6.07 Å². The monoisotopic (exact) mass is 378 g/mol. The lowest BCUT2D eigenvalue weighted by Gasteiger charge is -2.18. The Bertz CT molecular complexity index is 1060. The van der Waals surface area contributed by atoms with Crippen molar-refractivity contribution in [2.75, 3.05) is 16.6 Å². The van der Waals surface area contributed by atoms with Crippen LogP contribution in [-0.2, 0) is 10.0 Å². The average molecular weight is 379 g/mol. The minimum Gasteiger partial charge on any atom is -0.399 e. The Labute approximate surface area is 147 Å². The smallest absolute Gasteiger partial charge is 0.267 e. The summed E-state index contributed by atoms with van der Waals surface area (Å²) in [6.45, 7) is -0.356. The van der Waals surface area contributed by atoms with Crippen LogP contribution in [0, 0.1) is 11.3 Å². The summed E-state index contributed by atoms with van der Waals surface area (Å²) in [5.74, 6) is 0. The van der Waals surface area contributed by atoms with Gasteiger partial charge in [0.25, 0.3) is 10.0 Å². The van der Waals surface area contributed by atoms with E-state index in [0.717, 1.165) is 20.3 Å². The molecule has 0 saturated heterocycles.